The van der Waals surface area contributed by atoms with Crippen molar-refractivity contribution < 1.29 is 0 Å². The van der Waals surface area contributed by atoms with Crippen LogP contribution in [0.1, 0.15) is 37.2 Å². The van der Waals surface area contributed by atoms with Gasteiger partial charge in [0, 0.05) is 17.1 Å². The summed E-state index contributed by atoms with van der Waals surface area (Å²) in [6, 6.07) is 9.96. The molecule has 0 saturated heterocycles. The van der Waals surface area contributed by atoms with Crippen molar-refractivity contribution in [1.29, 1.82) is 0 Å². The molecule has 0 bridgehead atoms. The van der Waals surface area contributed by atoms with E-state index in [1.807, 2.05) is 12.1 Å². The highest BCUT2D eigenvalue weighted by Gasteiger charge is 2.34. The monoisotopic (exact) mass is 221 g/mol. The molecule has 2 saturated carbocycles. The molecule has 3 rings (SSSR count). The molecule has 2 aliphatic rings. The second-order valence-corrected chi connectivity index (χ2v) is 5.29. The van der Waals surface area contributed by atoms with E-state index in [1.54, 1.807) is 0 Å². The van der Waals surface area contributed by atoms with Crippen LogP contribution in [0.4, 0.5) is 0 Å². The lowest BCUT2D eigenvalue weighted by Gasteiger charge is -2.36. The van der Waals surface area contributed by atoms with Crippen LogP contribution in [0, 0.1) is 0 Å². The molecule has 0 aromatic heterocycles. The van der Waals surface area contributed by atoms with Crippen molar-refractivity contribution in [2.24, 2.45) is 0 Å². The van der Waals surface area contributed by atoms with Crippen molar-refractivity contribution in [2.75, 3.05) is 0 Å². The van der Waals surface area contributed by atoms with Crippen molar-refractivity contribution in [3.05, 3.63) is 34.9 Å². The zero-order chi connectivity index (χ0) is 10.3. The van der Waals surface area contributed by atoms with Gasteiger partial charge in [-0.2, -0.15) is 0 Å². The molecule has 1 aromatic rings. The maximum atomic E-state index is 5.87. The maximum Gasteiger partial charge on any atom is 0.0406 e. The quantitative estimate of drug-likeness (QED) is 0.826. The predicted octanol–water partition coefficient (Wildman–Crippen LogP) is 3.34. The number of hydrogen-bond acceptors (Lipinski definition) is 1. The Morgan fingerprint density at radius 1 is 1.00 bits per heavy atom. The lowest BCUT2D eigenvalue weighted by Crippen LogP contribution is -2.41. The molecule has 2 fully saturated rings. The second kappa shape index (κ2) is 3.80. The SMILES string of the molecule is Clc1ccc(C2CC(NC3CC3)C2)cc1. The topological polar surface area (TPSA) is 12.0 Å². The number of hydrogen-bond donors (Lipinski definition) is 1. The van der Waals surface area contributed by atoms with Crippen molar-refractivity contribution in [3.63, 3.8) is 0 Å². The number of benzene rings is 1. The first-order valence-electron chi connectivity index (χ1n) is 5.83. The summed E-state index contributed by atoms with van der Waals surface area (Å²) in [5, 5.41) is 4.51. The minimum Gasteiger partial charge on any atom is -0.311 e. The summed E-state index contributed by atoms with van der Waals surface area (Å²) in [6.07, 6.45) is 5.39. The van der Waals surface area contributed by atoms with Gasteiger partial charge in [0.25, 0.3) is 0 Å². The smallest absolute Gasteiger partial charge is 0.0406 e. The molecule has 2 aliphatic carbocycles. The zero-order valence-electron chi connectivity index (χ0n) is 8.75. The maximum absolute atomic E-state index is 5.87. The van der Waals surface area contributed by atoms with E-state index in [2.05, 4.69) is 17.4 Å². The third kappa shape index (κ3) is 2.19. The highest BCUT2D eigenvalue weighted by atomic mass is 35.5. The van der Waals surface area contributed by atoms with Gasteiger partial charge in [-0.3, -0.25) is 0 Å². The predicted molar refractivity (Wildman–Crippen MR) is 63.4 cm³/mol. The van der Waals surface area contributed by atoms with Crippen LogP contribution in [-0.4, -0.2) is 12.1 Å². The van der Waals surface area contributed by atoms with E-state index in [0.717, 1.165) is 23.0 Å². The number of rotatable bonds is 3. The van der Waals surface area contributed by atoms with Gasteiger partial charge in [0.15, 0.2) is 0 Å². The molecular weight excluding hydrogens is 206 g/mol. The van der Waals surface area contributed by atoms with E-state index in [0.29, 0.717) is 0 Å². The van der Waals surface area contributed by atoms with Gasteiger partial charge < -0.3 is 5.32 Å². The van der Waals surface area contributed by atoms with Crippen LogP contribution < -0.4 is 5.32 Å². The fourth-order valence-electron chi connectivity index (χ4n) is 2.34. The van der Waals surface area contributed by atoms with E-state index in [1.165, 1.54) is 31.2 Å². The van der Waals surface area contributed by atoms with Crippen LogP contribution in [0.25, 0.3) is 0 Å². The van der Waals surface area contributed by atoms with Crippen molar-refractivity contribution in [2.45, 2.75) is 43.7 Å². The summed E-state index contributed by atoms with van der Waals surface area (Å²) in [5.74, 6) is 0.763. The van der Waals surface area contributed by atoms with E-state index in [9.17, 15) is 0 Å². The van der Waals surface area contributed by atoms with Gasteiger partial charge in [0.2, 0.25) is 0 Å². The van der Waals surface area contributed by atoms with Crippen LogP contribution in [0.5, 0.6) is 0 Å². The molecule has 1 aromatic carbocycles. The fourth-order valence-corrected chi connectivity index (χ4v) is 2.47. The molecule has 0 aliphatic heterocycles. The Balaban J connectivity index is 1.55. The van der Waals surface area contributed by atoms with Gasteiger partial charge in [-0.25, -0.2) is 0 Å². The average Bonchev–Trinajstić information content (AvgIpc) is 2.96. The molecule has 0 radical (unpaired) electrons. The van der Waals surface area contributed by atoms with Gasteiger partial charge >= 0.3 is 0 Å². The summed E-state index contributed by atoms with van der Waals surface area (Å²) in [6.45, 7) is 0. The first-order valence-corrected chi connectivity index (χ1v) is 6.20. The van der Waals surface area contributed by atoms with Gasteiger partial charge in [0.1, 0.15) is 0 Å². The lowest BCUT2D eigenvalue weighted by molar-refractivity contribution is 0.289. The highest BCUT2D eigenvalue weighted by Crippen LogP contribution is 2.38. The first kappa shape index (κ1) is 9.68. The van der Waals surface area contributed by atoms with Gasteiger partial charge in [-0.15, -0.1) is 0 Å². The molecular formula is C13H16ClN. The fraction of sp³-hybridized carbons (Fsp3) is 0.538. The standard InChI is InChI=1S/C13H16ClN/c14-11-3-1-9(2-4-11)10-7-13(8-10)15-12-5-6-12/h1-4,10,12-13,15H,5-8H2. The van der Waals surface area contributed by atoms with Crippen LogP contribution in [0.15, 0.2) is 24.3 Å². The van der Waals surface area contributed by atoms with Crippen LogP contribution in [0.2, 0.25) is 5.02 Å². The Bertz CT molecular complexity index is 336. The molecule has 0 amide bonds. The van der Waals surface area contributed by atoms with E-state index in [4.69, 9.17) is 11.6 Å². The summed E-state index contributed by atoms with van der Waals surface area (Å²) < 4.78 is 0. The molecule has 1 nitrogen and oxygen atoms in total. The van der Waals surface area contributed by atoms with Crippen molar-refractivity contribution >= 4 is 11.6 Å². The molecule has 0 heterocycles. The third-order valence-corrected chi connectivity index (χ3v) is 3.78. The van der Waals surface area contributed by atoms with Crippen LogP contribution >= 0.6 is 11.6 Å². The Hall–Kier alpha value is -0.530. The largest absolute Gasteiger partial charge is 0.311 e. The number of halogens is 1. The Morgan fingerprint density at radius 3 is 2.27 bits per heavy atom. The minimum absolute atomic E-state index is 0.763. The van der Waals surface area contributed by atoms with Gasteiger partial charge in [0.05, 0.1) is 0 Å². The molecule has 0 unspecified atom stereocenters. The van der Waals surface area contributed by atoms with Crippen LogP contribution in [0.3, 0.4) is 0 Å². The normalized spacial score (nSPS) is 29.9. The molecule has 1 N–H and O–H groups in total. The van der Waals surface area contributed by atoms with Crippen molar-refractivity contribution in [1.82, 2.24) is 5.32 Å². The van der Waals surface area contributed by atoms with E-state index in [-0.39, 0.29) is 0 Å². The Labute approximate surface area is 95.8 Å². The molecule has 15 heavy (non-hydrogen) atoms. The van der Waals surface area contributed by atoms with Crippen molar-refractivity contribution in [3.8, 4) is 0 Å². The van der Waals surface area contributed by atoms with Crippen LogP contribution in [-0.2, 0) is 0 Å². The molecule has 0 atom stereocenters. The Morgan fingerprint density at radius 2 is 1.67 bits per heavy atom. The highest BCUT2D eigenvalue weighted by molar-refractivity contribution is 6.30. The summed E-state index contributed by atoms with van der Waals surface area (Å²) in [7, 11) is 0. The summed E-state index contributed by atoms with van der Waals surface area (Å²) in [4.78, 5) is 0. The van der Waals surface area contributed by atoms with E-state index < -0.39 is 0 Å². The third-order valence-electron chi connectivity index (χ3n) is 3.53. The summed E-state index contributed by atoms with van der Waals surface area (Å²) in [5.41, 5.74) is 1.45. The number of nitrogens with one attached hydrogen (secondary N) is 1. The lowest BCUT2D eigenvalue weighted by atomic mass is 9.76. The first-order chi connectivity index (χ1) is 7.31. The average molecular weight is 222 g/mol. The van der Waals surface area contributed by atoms with Gasteiger partial charge in [-0.05, 0) is 49.3 Å². The summed E-state index contributed by atoms with van der Waals surface area (Å²) >= 11 is 5.87. The second-order valence-electron chi connectivity index (χ2n) is 4.86. The van der Waals surface area contributed by atoms with Gasteiger partial charge in [-0.1, -0.05) is 23.7 Å². The molecule has 80 valence electrons. The molecule has 2 heteroatoms. The zero-order valence-corrected chi connectivity index (χ0v) is 9.50. The minimum atomic E-state index is 0.763. The van der Waals surface area contributed by atoms with E-state index >= 15 is 0 Å². The molecule has 0 spiro atoms. The Kier molecular flexibility index (Phi) is 2.45.